The van der Waals surface area contributed by atoms with Gasteiger partial charge in [-0.05, 0) is 26.7 Å². The fourth-order valence-corrected chi connectivity index (χ4v) is 3.90. The second kappa shape index (κ2) is 4.12. The van der Waals surface area contributed by atoms with Gasteiger partial charge in [-0.1, -0.05) is 0 Å². The van der Waals surface area contributed by atoms with Gasteiger partial charge in [0.1, 0.15) is 16.4 Å². The molecule has 0 bridgehead atoms. The van der Waals surface area contributed by atoms with Crippen molar-refractivity contribution < 1.29 is 12.8 Å². The van der Waals surface area contributed by atoms with Gasteiger partial charge in [0, 0.05) is 25.2 Å². The topological polar surface area (TPSA) is 76.5 Å². The van der Waals surface area contributed by atoms with Crippen molar-refractivity contribution in [2.45, 2.75) is 44.2 Å². The van der Waals surface area contributed by atoms with E-state index in [1.807, 2.05) is 0 Å². The van der Waals surface area contributed by atoms with Gasteiger partial charge >= 0.3 is 0 Å². The second-order valence-corrected chi connectivity index (χ2v) is 6.41. The molecule has 2 rings (SSSR count). The summed E-state index contributed by atoms with van der Waals surface area (Å²) in [5.41, 5.74) is 6.20. The summed E-state index contributed by atoms with van der Waals surface area (Å²) < 4.78 is 31.7. The van der Waals surface area contributed by atoms with Gasteiger partial charge in [-0.3, -0.25) is 0 Å². The fourth-order valence-electron chi connectivity index (χ4n) is 2.06. The summed E-state index contributed by atoms with van der Waals surface area (Å²) in [6, 6.07) is 0.139. The van der Waals surface area contributed by atoms with Crippen LogP contribution in [0.2, 0.25) is 0 Å². The van der Waals surface area contributed by atoms with E-state index in [2.05, 4.69) is 0 Å². The Balaban J connectivity index is 2.52. The summed E-state index contributed by atoms with van der Waals surface area (Å²) >= 11 is 0. The third-order valence-corrected chi connectivity index (χ3v) is 5.33. The number of hydrogen-bond donors (Lipinski definition) is 1. The molecule has 1 aliphatic carbocycles. The minimum absolute atomic E-state index is 0.139. The van der Waals surface area contributed by atoms with Crippen molar-refractivity contribution in [1.29, 1.82) is 0 Å². The van der Waals surface area contributed by atoms with Crippen molar-refractivity contribution in [2.75, 3.05) is 7.05 Å². The zero-order valence-corrected chi connectivity index (χ0v) is 11.2. The Morgan fingerprint density at radius 2 is 1.94 bits per heavy atom. The van der Waals surface area contributed by atoms with Gasteiger partial charge in [-0.2, -0.15) is 4.31 Å². The number of hydrogen-bond acceptors (Lipinski definition) is 4. The number of furan rings is 1. The van der Waals surface area contributed by atoms with Crippen molar-refractivity contribution >= 4 is 10.0 Å². The van der Waals surface area contributed by atoms with Crippen LogP contribution in [0.3, 0.4) is 0 Å². The summed E-state index contributed by atoms with van der Waals surface area (Å²) in [5, 5.41) is 0. The maximum atomic E-state index is 12.4. The van der Waals surface area contributed by atoms with Crippen molar-refractivity contribution in [3.8, 4) is 0 Å². The summed E-state index contributed by atoms with van der Waals surface area (Å²) in [6.45, 7) is 3.58. The van der Waals surface area contributed by atoms with E-state index in [4.69, 9.17) is 10.2 Å². The van der Waals surface area contributed by atoms with Crippen molar-refractivity contribution in [3.05, 3.63) is 17.1 Å². The quantitative estimate of drug-likeness (QED) is 0.878. The van der Waals surface area contributed by atoms with Gasteiger partial charge in [0.15, 0.2) is 0 Å². The first-order valence-corrected chi connectivity index (χ1v) is 7.10. The molecule has 0 atom stereocenters. The molecule has 2 N–H and O–H groups in total. The number of aryl methyl sites for hydroxylation is 2. The third kappa shape index (κ3) is 2.00. The average molecular weight is 258 g/mol. The summed E-state index contributed by atoms with van der Waals surface area (Å²) in [5.74, 6) is 1.02. The van der Waals surface area contributed by atoms with E-state index in [1.165, 1.54) is 4.31 Å². The Morgan fingerprint density at radius 1 is 1.35 bits per heavy atom. The van der Waals surface area contributed by atoms with Crippen LogP contribution in [0, 0.1) is 13.8 Å². The van der Waals surface area contributed by atoms with Crippen LogP contribution >= 0.6 is 0 Å². The van der Waals surface area contributed by atoms with Crippen molar-refractivity contribution in [2.24, 2.45) is 5.73 Å². The molecule has 0 saturated heterocycles. The van der Waals surface area contributed by atoms with Crippen LogP contribution in [0.5, 0.6) is 0 Å². The molecule has 0 aromatic carbocycles. The van der Waals surface area contributed by atoms with Crippen molar-refractivity contribution in [3.63, 3.8) is 0 Å². The van der Waals surface area contributed by atoms with Crippen LogP contribution in [-0.4, -0.2) is 25.8 Å². The van der Waals surface area contributed by atoms with E-state index >= 15 is 0 Å². The lowest BCUT2D eigenvalue weighted by Crippen LogP contribution is -2.30. The molecule has 0 amide bonds. The lowest BCUT2D eigenvalue weighted by Gasteiger charge is -2.16. The molecule has 0 unspecified atom stereocenters. The standard InChI is InChI=1S/C11H18N2O3S/c1-7-10(6-12)11(8(2)16-7)17(14,15)13(3)9-4-5-9/h9H,4-6,12H2,1-3H3. The summed E-state index contributed by atoms with van der Waals surface area (Å²) in [7, 11) is -1.85. The Hall–Kier alpha value is -0.850. The molecule has 96 valence electrons. The van der Waals surface area contributed by atoms with Crippen molar-refractivity contribution in [1.82, 2.24) is 4.31 Å². The zero-order chi connectivity index (χ0) is 12.8. The molecule has 1 fully saturated rings. The monoisotopic (exact) mass is 258 g/mol. The molecule has 0 aliphatic heterocycles. The average Bonchev–Trinajstić information content (AvgIpc) is 3.03. The van der Waals surface area contributed by atoms with E-state index in [0.717, 1.165) is 12.8 Å². The van der Waals surface area contributed by atoms with Crippen LogP contribution in [0.4, 0.5) is 0 Å². The second-order valence-electron chi connectivity index (χ2n) is 4.48. The highest BCUT2D eigenvalue weighted by atomic mass is 32.2. The first kappa shape index (κ1) is 12.6. The van der Waals surface area contributed by atoms with E-state index in [9.17, 15) is 8.42 Å². The lowest BCUT2D eigenvalue weighted by atomic mass is 10.2. The van der Waals surface area contributed by atoms with Crippen LogP contribution < -0.4 is 5.73 Å². The fraction of sp³-hybridized carbons (Fsp3) is 0.636. The van der Waals surface area contributed by atoms with Crippen LogP contribution in [-0.2, 0) is 16.6 Å². The number of nitrogens with two attached hydrogens (primary N) is 1. The summed E-state index contributed by atoms with van der Waals surface area (Å²) in [6.07, 6.45) is 1.87. The van der Waals surface area contributed by atoms with Crippen LogP contribution in [0.15, 0.2) is 9.31 Å². The normalized spacial score (nSPS) is 16.8. The number of rotatable bonds is 4. The van der Waals surface area contributed by atoms with E-state index in [-0.39, 0.29) is 17.5 Å². The van der Waals surface area contributed by atoms with E-state index in [1.54, 1.807) is 20.9 Å². The first-order valence-electron chi connectivity index (χ1n) is 5.66. The lowest BCUT2D eigenvalue weighted by molar-refractivity contribution is 0.457. The molecule has 0 radical (unpaired) electrons. The molecular weight excluding hydrogens is 240 g/mol. The summed E-state index contributed by atoms with van der Waals surface area (Å²) in [4.78, 5) is 0.256. The molecule has 17 heavy (non-hydrogen) atoms. The minimum atomic E-state index is -3.47. The first-order chi connectivity index (χ1) is 7.89. The maximum absolute atomic E-state index is 12.4. The van der Waals surface area contributed by atoms with Gasteiger partial charge in [-0.15, -0.1) is 0 Å². The smallest absolute Gasteiger partial charge is 0.246 e. The van der Waals surface area contributed by atoms with E-state index in [0.29, 0.717) is 17.1 Å². The van der Waals surface area contributed by atoms with Crippen LogP contribution in [0.25, 0.3) is 0 Å². The largest absolute Gasteiger partial charge is 0.465 e. The molecule has 1 aliphatic rings. The minimum Gasteiger partial charge on any atom is -0.465 e. The SMILES string of the molecule is Cc1oc(C)c(S(=O)(=O)N(C)C2CC2)c1CN. The molecule has 5 nitrogen and oxygen atoms in total. The Labute approximate surface area is 102 Å². The molecule has 1 aromatic rings. The van der Waals surface area contributed by atoms with Crippen LogP contribution in [0.1, 0.15) is 29.9 Å². The molecular formula is C11H18N2O3S. The predicted molar refractivity (Wildman–Crippen MR) is 64.0 cm³/mol. The molecule has 0 spiro atoms. The predicted octanol–water partition coefficient (Wildman–Crippen LogP) is 1.14. The van der Waals surface area contributed by atoms with Gasteiger partial charge in [0.05, 0.1) is 0 Å². The number of nitrogens with zero attached hydrogens (tertiary/aromatic N) is 1. The van der Waals surface area contributed by atoms with Gasteiger partial charge in [0.2, 0.25) is 10.0 Å². The molecule has 1 saturated carbocycles. The molecule has 1 heterocycles. The van der Waals surface area contributed by atoms with Gasteiger partial charge in [0.25, 0.3) is 0 Å². The third-order valence-electron chi connectivity index (χ3n) is 3.23. The Morgan fingerprint density at radius 3 is 2.41 bits per heavy atom. The van der Waals surface area contributed by atoms with Gasteiger partial charge in [-0.25, -0.2) is 8.42 Å². The van der Waals surface area contributed by atoms with E-state index < -0.39 is 10.0 Å². The zero-order valence-electron chi connectivity index (χ0n) is 10.4. The molecule has 1 aromatic heterocycles. The molecule has 6 heteroatoms. The number of sulfonamides is 1. The Kier molecular flexibility index (Phi) is 3.05. The van der Waals surface area contributed by atoms with Gasteiger partial charge < -0.3 is 10.2 Å². The highest BCUT2D eigenvalue weighted by Gasteiger charge is 2.38. The maximum Gasteiger partial charge on any atom is 0.246 e. The Bertz CT molecular complexity index is 529. The highest BCUT2D eigenvalue weighted by Crippen LogP contribution is 2.34. The highest BCUT2D eigenvalue weighted by molar-refractivity contribution is 7.89.